The fourth-order valence-corrected chi connectivity index (χ4v) is 3.28. The summed E-state index contributed by atoms with van der Waals surface area (Å²) >= 11 is 0. The average molecular weight is 432 g/mol. The molecular weight excluding hydrogens is 420 g/mol. The first-order valence-electron chi connectivity index (χ1n) is 8.62. The van der Waals surface area contributed by atoms with E-state index in [1.165, 1.54) is 30.5 Å². The van der Waals surface area contributed by atoms with Crippen LogP contribution in [0.5, 0.6) is 0 Å². The van der Waals surface area contributed by atoms with Crippen LogP contribution >= 0.6 is 0 Å². The van der Waals surface area contributed by atoms with Crippen molar-refractivity contribution in [3.05, 3.63) is 64.2 Å². The van der Waals surface area contributed by atoms with Crippen molar-refractivity contribution in [1.82, 2.24) is 15.0 Å². The molecule has 31 heavy (non-hydrogen) atoms. The topological polar surface area (TPSA) is 137 Å². The van der Waals surface area contributed by atoms with Gasteiger partial charge in [-0.15, -0.1) is 0 Å². The lowest BCUT2D eigenvalue weighted by Gasteiger charge is -2.14. The lowest BCUT2D eigenvalue weighted by molar-refractivity contribution is -0.383. The van der Waals surface area contributed by atoms with Crippen molar-refractivity contribution in [3.8, 4) is 22.6 Å². The number of alkyl halides is 3. The van der Waals surface area contributed by atoms with Crippen LogP contribution in [0.2, 0.25) is 0 Å². The van der Waals surface area contributed by atoms with Gasteiger partial charge in [0.2, 0.25) is 0 Å². The zero-order valence-corrected chi connectivity index (χ0v) is 15.4. The van der Waals surface area contributed by atoms with Gasteiger partial charge in [-0.2, -0.15) is 13.2 Å². The first-order chi connectivity index (χ1) is 14.6. The summed E-state index contributed by atoms with van der Waals surface area (Å²) in [6.45, 7) is 0. The molecule has 0 saturated heterocycles. The molecule has 4 aromatic rings. The van der Waals surface area contributed by atoms with E-state index in [4.69, 9.17) is 11.5 Å². The first-order valence-corrected chi connectivity index (χ1v) is 8.62. The van der Waals surface area contributed by atoms with Gasteiger partial charge in [-0.25, -0.2) is 14.4 Å². The summed E-state index contributed by atoms with van der Waals surface area (Å²) in [6.07, 6.45) is -3.17. The van der Waals surface area contributed by atoms with E-state index in [-0.39, 0.29) is 33.4 Å². The molecule has 0 spiro atoms. The summed E-state index contributed by atoms with van der Waals surface area (Å²) in [5, 5.41) is 11.7. The van der Waals surface area contributed by atoms with Crippen molar-refractivity contribution in [2.24, 2.45) is 0 Å². The lowest BCUT2D eigenvalue weighted by Crippen LogP contribution is -2.11. The van der Waals surface area contributed by atoms with Gasteiger partial charge in [0.15, 0.2) is 5.82 Å². The van der Waals surface area contributed by atoms with Crippen molar-refractivity contribution in [2.75, 3.05) is 11.5 Å². The highest BCUT2D eigenvalue weighted by atomic mass is 19.4. The number of nitro benzene ring substituents is 1. The molecule has 0 fully saturated rings. The number of aromatic nitrogens is 3. The highest BCUT2D eigenvalue weighted by molar-refractivity contribution is 5.96. The van der Waals surface area contributed by atoms with Crippen LogP contribution in [-0.2, 0) is 6.18 Å². The zero-order chi connectivity index (χ0) is 22.5. The molecular formula is C19H12F4N6O2. The second-order valence-corrected chi connectivity index (χ2v) is 6.54. The number of anilines is 2. The van der Waals surface area contributed by atoms with Crippen LogP contribution in [0.1, 0.15) is 5.56 Å². The van der Waals surface area contributed by atoms with Crippen molar-refractivity contribution in [2.45, 2.75) is 6.18 Å². The van der Waals surface area contributed by atoms with E-state index in [0.717, 1.165) is 6.07 Å². The summed E-state index contributed by atoms with van der Waals surface area (Å²) in [5.74, 6) is -1.09. The maximum Gasteiger partial charge on any atom is 0.419 e. The number of nitrogens with zero attached hydrogens (tertiary/aromatic N) is 3. The van der Waals surface area contributed by atoms with Crippen LogP contribution in [0.25, 0.3) is 33.5 Å². The smallest absolute Gasteiger partial charge is 0.398 e. The molecule has 0 unspecified atom stereocenters. The summed E-state index contributed by atoms with van der Waals surface area (Å²) in [5.41, 5.74) is 8.31. The van der Waals surface area contributed by atoms with E-state index in [0.29, 0.717) is 6.20 Å². The number of fused-ring (bicyclic) bond motifs is 1. The minimum Gasteiger partial charge on any atom is -0.398 e. The third-order valence-electron chi connectivity index (χ3n) is 4.66. The molecule has 0 saturated carbocycles. The summed E-state index contributed by atoms with van der Waals surface area (Å²) in [6, 6.07) is 6.37. The van der Waals surface area contributed by atoms with Gasteiger partial charge < -0.3 is 16.5 Å². The molecule has 5 N–H and O–H groups in total. The van der Waals surface area contributed by atoms with Crippen LogP contribution in [0, 0.1) is 15.9 Å². The van der Waals surface area contributed by atoms with E-state index in [1.54, 1.807) is 0 Å². The van der Waals surface area contributed by atoms with E-state index in [2.05, 4.69) is 15.0 Å². The van der Waals surface area contributed by atoms with Gasteiger partial charge in [0.1, 0.15) is 22.6 Å². The minimum atomic E-state index is -4.85. The molecule has 0 atom stereocenters. The summed E-state index contributed by atoms with van der Waals surface area (Å²) in [7, 11) is 0. The normalized spacial score (nSPS) is 11.7. The molecule has 4 rings (SSSR count). The molecule has 158 valence electrons. The second kappa shape index (κ2) is 6.93. The summed E-state index contributed by atoms with van der Waals surface area (Å²) < 4.78 is 55.1. The van der Waals surface area contributed by atoms with Gasteiger partial charge in [0, 0.05) is 29.0 Å². The first kappa shape index (κ1) is 20.1. The number of para-hydroxylation sites is 1. The quantitative estimate of drug-likeness (QED) is 0.188. The molecule has 0 amide bonds. The average Bonchev–Trinajstić information content (AvgIpc) is 3.13. The largest absolute Gasteiger partial charge is 0.419 e. The highest BCUT2D eigenvalue weighted by Crippen LogP contribution is 2.42. The second-order valence-electron chi connectivity index (χ2n) is 6.54. The Hall–Kier alpha value is -4.22. The number of halogens is 4. The van der Waals surface area contributed by atoms with E-state index in [9.17, 15) is 27.7 Å². The minimum absolute atomic E-state index is 0.0137. The van der Waals surface area contributed by atoms with Crippen molar-refractivity contribution in [3.63, 3.8) is 0 Å². The van der Waals surface area contributed by atoms with Crippen molar-refractivity contribution < 1.29 is 22.5 Å². The van der Waals surface area contributed by atoms with E-state index in [1.807, 2.05) is 0 Å². The van der Waals surface area contributed by atoms with Gasteiger partial charge in [-0.3, -0.25) is 10.1 Å². The van der Waals surface area contributed by atoms with Crippen molar-refractivity contribution in [1.29, 1.82) is 0 Å². The fourth-order valence-electron chi connectivity index (χ4n) is 3.28. The fraction of sp³-hybridized carbons (Fsp3) is 0.0526. The van der Waals surface area contributed by atoms with Crippen LogP contribution in [0.4, 0.5) is 34.6 Å². The molecule has 0 aliphatic rings. The lowest BCUT2D eigenvalue weighted by atomic mass is 10.0. The number of hydrogen-bond acceptors (Lipinski definition) is 6. The molecule has 2 aromatic carbocycles. The Kier molecular flexibility index (Phi) is 4.49. The number of hydrogen-bond donors (Lipinski definition) is 3. The molecule has 2 heterocycles. The standard InChI is InChI=1S/C19H12F4N6O2/c20-11-3-1-2-8-9(6-26-16(8)11)15-10(19(21,22)23)7-27-18(28-15)14-12(24)4-5-13(25)17(14)29(30)31/h1-7,26H,24-25H2. The van der Waals surface area contributed by atoms with Gasteiger partial charge >= 0.3 is 11.9 Å². The number of nitrogens with one attached hydrogen (secondary N) is 1. The zero-order valence-electron chi connectivity index (χ0n) is 15.4. The Morgan fingerprint density at radius 2 is 1.81 bits per heavy atom. The predicted octanol–water partition coefficient (Wildman–Crippen LogP) is 4.52. The Bertz CT molecular complexity index is 1350. The molecule has 2 aromatic heterocycles. The molecule has 0 aliphatic carbocycles. The molecule has 0 radical (unpaired) electrons. The Morgan fingerprint density at radius 3 is 2.48 bits per heavy atom. The van der Waals surface area contributed by atoms with E-state index < -0.39 is 39.7 Å². The summed E-state index contributed by atoms with van der Waals surface area (Å²) in [4.78, 5) is 20.9. The van der Waals surface area contributed by atoms with Gasteiger partial charge in [-0.05, 0) is 18.2 Å². The number of nitrogen functional groups attached to an aromatic ring is 2. The SMILES string of the molecule is Nc1ccc(N)c([N+](=O)[O-])c1-c1ncc(C(F)(F)F)c(-c2c[nH]c3c(F)cccc23)n1. The third-order valence-corrected chi connectivity index (χ3v) is 4.66. The highest BCUT2D eigenvalue weighted by Gasteiger charge is 2.37. The number of H-pyrrole nitrogens is 1. The van der Waals surface area contributed by atoms with Crippen molar-refractivity contribution >= 4 is 28.0 Å². The molecule has 0 aliphatic heterocycles. The predicted molar refractivity (Wildman–Crippen MR) is 105 cm³/mol. The maximum absolute atomic E-state index is 14.0. The number of benzene rings is 2. The molecule has 0 bridgehead atoms. The number of nitro groups is 1. The number of aromatic amines is 1. The van der Waals surface area contributed by atoms with E-state index >= 15 is 0 Å². The Morgan fingerprint density at radius 1 is 1.10 bits per heavy atom. The van der Waals surface area contributed by atoms with Crippen LogP contribution < -0.4 is 11.5 Å². The van der Waals surface area contributed by atoms with Crippen LogP contribution in [0.15, 0.2) is 42.7 Å². The molecule has 12 heteroatoms. The Labute approximate surface area is 170 Å². The van der Waals surface area contributed by atoms with Gasteiger partial charge in [0.05, 0.1) is 16.1 Å². The van der Waals surface area contributed by atoms with Gasteiger partial charge in [0.25, 0.3) is 0 Å². The number of rotatable bonds is 3. The monoisotopic (exact) mass is 432 g/mol. The third kappa shape index (κ3) is 3.27. The Balaban J connectivity index is 2.06. The maximum atomic E-state index is 14.0. The molecule has 8 nitrogen and oxygen atoms in total. The van der Waals surface area contributed by atoms with Crippen LogP contribution in [-0.4, -0.2) is 19.9 Å². The number of nitrogens with two attached hydrogens (primary N) is 2. The van der Waals surface area contributed by atoms with Crippen LogP contribution in [0.3, 0.4) is 0 Å². The van der Waals surface area contributed by atoms with Gasteiger partial charge in [-0.1, -0.05) is 12.1 Å².